The van der Waals surface area contributed by atoms with E-state index in [9.17, 15) is 5.11 Å². The minimum atomic E-state index is -0.103. The van der Waals surface area contributed by atoms with Crippen LogP contribution in [-0.2, 0) is 13.2 Å². The third kappa shape index (κ3) is 3.24. The molecule has 2 aromatic rings. The van der Waals surface area contributed by atoms with Crippen molar-refractivity contribution in [1.82, 2.24) is 0 Å². The van der Waals surface area contributed by atoms with Crippen molar-refractivity contribution < 1.29 is 14.6 Å². The van der Waals surface area contributed by atoms with Gasteiger partial charge in [0.05, 0.1) is 13.7 Å². The van der Waals surface area contributed by atoms with Crippen LogP contribution in [0.1, 0.15) is 16.7 Å². The van der Waals surface area contributed by atoms with Gasteiger partial charge in [0.1, 0.15) is 6.61 Å². The van der Waals surface area contributed by atoms with Crippen molar-refractivity contribution in [2.45, 2.75) is 20.1 Å². The summed E-state index contributed by atoms with van der Waals surface area (Å²) in [5.74, 6) is 1.15. The molecule has 0 saturated carbocycles. The van der Waals surface area contributed by atoms with E-state index in [2.05, 4.69) is 0 Å². The van der Waals surface area contributed by atoms with E-state index in [0.29, 0.717) is 28.7 Å². The number of hydrogen-bond acceptors (Lipinski definition) is 3. The van der Waals surface area contributed by atoms with E-state index in [4.69, 9.17) is 21.1 Å². The number of methoxy groups -OCH3 is 1. The molecule has 20 heavy (non-hydrogen) atoms. The van der Waals surface area contributed by atoms with Gasteiger partial charge in [-0.05, 0) is 24.6 Å². The fourth-order valence-corrected chi connectivity index (χ4v) is 2.22. The first kappa shape index (κ1) is 14.7. The quantitative estimate of drug-likeness (QED) is 0.912. The summed E-state index contributed by atoms with van der Waals surface area (Å²) in [6.07, 6.45) is 0. The number of hydrogen-bond donors (Lipinski definition) is 1. The van der Waals surface area contributed by atoms with Gasteiger partial charge < -0.3 is 14.6 Å². The molecule has 2 aromatic carbocycles. The number of halogens is 1. The summed E-state index contributed by atoms with van der Waals surface area (Å²) in [4.78, 5) is 0. The second kappa shape index (κ2) is 6.64. The van der Waals surface area contributed by atoms with Crippen LogP contribution in [0, 0.1) is 6.92 Å². The summed E-state index contributed by atoms with van der Waals surface area (Å²) in [5.41, 5.74) is 2.69. The number of rotatable bonds is 5. The fourth-order valence-electron chi connectivity index (χ4n) is 1.93. The van der Waals surface area contributed by atoms with Gasteiger partial charge in [-0.15, -0.1) is 0 Å². The van der Waals surface area contributed by atoms with E-state index in [1.54, 1.807) is 19.2 Å². The average Bonchev–Trinajstić information content (AvgIpc) is 2.46. The van der Waals surface area contributed by atoms with Crippen LogP contribution in [-0.4, -0.2) is 12.2 Å². The van der Waals surface area contributed by atoms with Crippen molar-refractivity contribution in [3.8, 4) is 11.5 Å². The number of benzene rings is 2. The summed E-state index contributed by atoms with van der Waals surface area (Å²) in [7, 11) is 1.57. The van der Waals surface area contributed by atoms with Gasteiger partial charge >= 0.3 is 0 Å². The molecule has 0 amide bonds. The van der Waals surface area contributed by atoms with Crippen LogP contribution in [0.2, 0.25) is 5.02 Å². The molecule has 0 saturated heterocycles. The van der Waals surface area contributed by atoms with Crippen molar-refractivity contribution >= 4 is 11.6 Å². The SMILES string of the molecule is COc1cccc(CO)c1OCc1ccc(C)cc1Cl. The minimum Gasteiger partial charge on any atom is -0.493 e. The Morgan fingerprint density at radius 1 is 1.15 bits per heavy atom. The lowest BCUT2D eigenvalue weighted by molar-refractivity contribution is 0.250. The van der Waals surface area contributed by atoms with E-state index in [1.807, 2.05) is 31.2 Å². The van der Waals surface area contributed by atoms with Gasteiger partial charge in [-0.3, -0.25) is 0 Å². The van der Waals surface area contributed by atoms with E-state index in [-0.39, 0.29) is 6.61 Å². The summed E-state index contributed by atoms with van der Waals surface area (Å²) in [6.45, 7) is 2.21. The van der Waals surface area contributed by atoms with E-state index in [0.717, 1.165) is 11.1 Å². The lowest BCUT2D eigenvalue weighted by atomic mass is 10.1. The van der Waals surface area contributed by atoms with Crippen LogP contribution in [0.3, 0.4) is 0 Å². The van der Waals surface area contributed by atoms with Crippen LogP contribution >= 0.6 is 11.6 Å². The van der Waals surface area contributed by atoms with Crippen LogP contribution in [0.4, 0.5) is 0 Å². The first-order chi connectivity index (χ1) is 9.65. The Morgan fingerprint density at radius 2 is 1.95 bits per heavy atom. The zero-order valence-corrected chi connectivity index (χ0v) is 12.3. The molecular weight excluding hydrogens is 276 g/mol. The Kier molecular flexibility index (Phi) is 4.88. The van der Waals surface area contributed by atoms with Gasteiger partial charge in [0.2, 0.25) is 0 Å². The second-order valence-electron chi connectivity index (χ2n) is 4.49. The van der Waals surface area contributed by atoms with E-state index >= 15 is 0 Å². The number of aryl methyl sites for hydroxylation is 1. The molecule has 0 spiro atoms. The zero-order chi connectivity index (χ0) is 14.5. The van der Waals surface area contributed by atoms with Gasteiger partial charge in [0.15, 0.2) is 11.5 Å². The molecule has 1 N–H and O–H groups in total. The molecule has 0 aliphatic rings. The molecule has 0 fully saturated rings. The zero-order valence-electron chi connectivity index (χ0n) is 11.5. The molecule has 0 atom stereocenters. The minimum absolute atomic E-state index is 0.103. The van der Waals surface area contributed by atoms with Gasteiger partial charge in [-0.2, -0.15) is 0 Å². The summed E-state index contributed by atoms with van der Waals surface area (Å²) in [6, 6.07) is 11.2. The predicted molar refractivity (Wildman–Crippen MR) is 79.4 cm³/mol. The number of para-hydroxylation sites is 1. The van der Waals surface area contributed by atoms with Crippen molar-refractivity contribution in [2.24, 2.45) is 0 Å². The maximum atomic E-state index is 9.36. The molecule has 0 bridgehead atoms. The first-order valence-electron chi connectivity index (χ1n) is 6.30. The molecule has 3 nitrogen and oxygen atoms in total. The Balaban J connectivity index is 2.22. The van der Waals surface area contributed by atoms with Gasteiger partial charge in [0.25, 0.3) is 0 Å². The summed E-state index contributed by atoms with van der Waals surface area (Å²) in [5, 5.41) is 10.0. The van der Waals surface area contributed by atoms with Crippen molar-refractivity contribution in [3.05, 3.63) is 58.1 Å². The van der Waals surface area contributed by atoms with Crippen LogP contribution in [0.25, 0.3) is 0 Å². The smallest absolute Gasteiger partial charge is 0.167 e. The number of aliphatic hydroxyl groups is 1. The maximum Gasteiger partial charge on any atom is 0.167 e. The third-order valence-electron chi connectivity index (χ3n) is 3.03. The van der Waals surface area contributed by atoms with Gasteiger partial charge in [-0.25, -0.2) is 0 Å². The van der Waals surface area contributed by atoms with Crippen LogP contribution < -0.4 is 9.47 Å². The molecule has 0 aliphatic heterocycles. The number of aliphatic hydroxyl groups excluding tert-OH is 1. The summed E-state index contributed by atoms with van der Waals surface area (Å²) >= 11 is 6.18. The van der Waals surface area contributed by atoms with Crippen molar-refractivity contribution in [3.63, 3.8) is 0 Å². The van der Waals surface area contributed by atoms with Crippen molar-refractivity contribution in [1.29, 1.82) is 0 Å². The van der Waals surface area contributed by atoms with Crippen LogP contribution in [0.15, 0.2) is 36.4 Å². The lowest BCUT2D eigenvalue weighted by Gasteiger charge is -2.14. The fraction of sp³-hybridized carbons (Fsp3) is 0.250. The number of ether oxygens (including phenoxy) is 2. The molecule has 4 heteroatoms. The highest BCUT2D eigenvalue weighted by Crippen LogP contribution is 2.32. The van der Waals surface area contributed by atoms with Crippen LogP contribution in [0.5, 0.6) is 11.5 Å². The first-order valence-corrected chi connectivity index (χ1v) is 6.68. The molecule has 106 valence electrons. The monoisotopic (exact) mass is 292 g/mol. The topological polar surface area (TPSA) is 38.7 Å². The average molecular weight is 293 g/mol. The Hall–Kier alpha value is -1.71. The molecule has 0 radical (unpaired) electrons. The van der Waals surface area contributed by atoms with E-state index < -0.39 is 0 Å². The molecule has 2 rings (SSSR count). The van der Waals surface area contributed by atoms with Gasteiger partial charge in [-0.1, -0.05) is 35.9 Å². The van der Waals surface area contributed by atoms with Crippen molar-refractivity contribution in [2.75, 3.05) is 7.11 Å². The highest BCUT2D eigenvalue weighted by Gasteiger charge is 2.11. The highest BCUT2D eigenvalue weighted by atomic mass is 35.5. The maximum absolute atomic E-state index is 9.36. The Bertz CT molecular complexity index is 574. The normalized spacial score (nSPS) is 10.4. The second-order valence-corrected chi connectivity index (χ2v) is 4.90. The predicted octanol–water partition coefficient (Wildman–Crippen LogP) is 3.73. The summed E-state index contributed by atoms with van der Waals surface area (Å²) < 4.78 is 11.0. The third-order valence-corrected chi connectivity index (χ3v) is 3.38. The molecule has 0 heterocycles. The Labute approximate surface area is 123 Å². The molecule has 0 aromatic heterocycles. The van der Waals surface area contributed by atoms with E-state index in [1.165, 1.54) is 0 Å². The highest BCUT2D eigenvalue weighted by molar-refractivity contribution is 6.31. The lowest BCUT2D eigenvalue weighted by Crippen LogP contribution is -2.01. The molecule has 0 aliphatic carbocycles. The largest absolute Gasteiger partial charge is 0.493 e. The van der Waals surface area contributed by atoms with Gasteiger partial charge in [0, 0.05) is 16.1 Å². The molecule has 0 unspecified atom stereocenters. The standard InChI is InChI=1S/C16H17ClO3/c1-11-6-7-13(14(17)8-11)10-20-16-12(9-18)4-3-5-15(16)19-2/h3-8,18H,9-10H2,1-2H3. The molecular formula is C16H17ClO3. The Morgan fingerprint density at radius 3 is 2.60 bits per heavy atom.